The first kappa shape index (κ1) is 21.2. The summed E-state index contributed by atoms with van der Waals surface area (Å²) in [7, 11) is 0. The van der Waals surface area contributed by atoms with Gasteiger partial charge in [-0.2, -0.15) is 0 Å². The number of hydrogen-bond donors (Lipinski definition) is 2. The molecule has 27 heavy (non-hydrogen) atoms. The Balaban J connectivity index is 1.87. The van der Waals surface area contributed by atoms with Crippen molar-refractivity contribution in [2.75, 3.05) is 19.8 Å². The Bertz CT molecular complexity index is 594. The Kier molecular flexibility index (Phi) is 8.06. The van der Waals surface area contributed by atoms with Crippen LogP contribution in [0.4, 0.5) is 4.79 Å². The SMILES string of the molecule is CC(C)(C)OC(=O)N[C@@H](COCc1ccccc1)C(=O)NC[C@H]1CCCO1. The molecular formula is C20H30N2O5. The summed E-state index contributed by atoms with van der Waals surface area (Å²) in [5.74, 6) is -0.315. The fourth-order valence-electron chi connectivity index (χ4n) is 2.64. The molecule has 1 aliphatic rings. The Morgan fingerprint density at radius 3 is 2.63 bits per heavy atom. The van der Waals surface area contributed by atoms with E-state index in [2.05, 4.69) is 10.6 Å². The van der Waals surface area contributed by atoms with Gasteiger partial charge in [0.05, 0.1) is 19.3 Å². The van der Waals surface area contributed by atoms with E-state index in [1.54, 1.807) is 20.8 Å². The van der Waals surface area contributed by atoms with Gasteiger partial charge in [-0.25, -0.2) is 4.79 Å². The van der Waals surface area contributed by atoms with Gasteiger partial charge in [0.2, 0.25) is 5.91 Å². The number of nitrogens with one attached hydrogen (secondary N) is 2. The van der Waals surface area contributed by atoms with Crippen molar-refractivity contribution in [2.45, 2.75) is 58.0 Å². The summed E-state index contributed by atoms with van der Waals surface area (Å²) in [6, 6.07) is 8.80. The number of benzene rings is 1. The first-order valence-electron chi connectivity index (χ1n) is 9.34. The normalized spacial score (nSPS) is 18.0. The highest BCUT2D eigenvalue weighted by Crippen LogP contribution is 2.11. The minimum atomic E-state index is -0.843. The Morgan fingerprint density at radius 1 is 1.26 bits per heavy atom. The Labute approximate surface area is 160 Å². The molecule has 2 rings (SSSR count). The van der Waals surface area contributed by atoms with Crippen LogP contribution in [0.15, 0.2) is 30.3 Å². The molecule has 2 atom stereocenters. The fourth-order valence-corrected chi connectivity index (χ4v) is 2.64. The highest BCUT2D eigenvalue weighted by Gasteiger charge is 2.26. The predicted octanol–water partition coefficient (Wildman–Crippen LogP) is 2.39. The fraction of sp³-hybridized carbons (Fsp3) is 0.600. The van der Waals surface area contributed by atoms with Crippen molar-refractivity contribution >= 4 is 12.0 Å². The second kappa shape index (κ2) is 10.3. The van der Waals surface area contributed by atoms with E-state index in [0.29, 0.717) is 13.2 Å². The van der Waals surface area contributed by atoms with Crippen LogP contribution >= 0.6 is 0 Å². The van der Waals surface area contributed by atoms with Crippen molar-refractivity contribution in [3.8, 4) is 0 Å². The predicted molar refractivity (Wildman–Crippen MR) is 101 cm³/mol. The number of alkyl carbamates (subject to hydrolysis) is 1. The van der Waals surface area contributed by atoms with Crippen LogP contribution in [0.1, 0.15) is 39.2 Å². The molecule has 1 heterocycles. The maximum atomic E-state index is 12.5. The molecule has 2 amide bonds. The van der Waals surface area contributed by atoms with E-state index in [1.165, 1.54) is 0 Å². The monoisotopic (exact) mass is 378 g/mol. The van der Waals surface area contributed by atoms with Gasteiger partial charge in [0.15, 0.2) is 0 Å². The van der Waals surface area contributed by atoms with Gasteiger partial charge in [-0.05, 0) is 39.2 Å². The van der Waals surface area contributed by atoms with Crippen LogP contribution in [0.2, 0.25) is 0 Å². The van der Waals surface area contributed by atoms with Crippen molar-refractivity contribution < 1.29 is 23.8 Å². The minimum absolute atomic E-state index is 0.0290. The maximum absolute atomic E-state index is 12.5. The van der Waals surface area contributed by atoms with Gasteiger partial charge in [-0.3, -0.25) is 4.79 Å². The summed E-state index contributed by atoms with van der Waals surface area (Å²) in [6.07, 6.45) is 1.30. The highest BCUT2D eigenvalue weighted by molar-refractivity contribution is 5.85. The van der Waals surface area contributed by atoms with Crippen LogP contribution in [0.5, 0.6) is 0 Å². The zero-order chi connectivity index (χ0) is 19.7. The molecule has 0 unspecified atom stereocenters. The van der Waals surface area contributed by atoms with E-state index in [4.69, 9.17) is 14.2 Å². The summed E-state index contributed by atoms with van der Waals surface area (Å²) in [5, 5.41) is 5.42. The number of hydrogen-bond acceptors (Lipinski definition) is 5. The molecule has 0 bridgehead atoms. The third-order valence-corrected chi connectivity index (χ3v) is 3.93. The zero-order valence-corrected chi connectivity index (χ0v) is 16.3. The van der Waals surface area contributed by atoms with Gasteiger partial charge >= 0.3 is 6.09 Å². The van der Waals surface area contributed by atoms with Crippen molar-refractivity contribution in [1.82, 2.24) is 10.6 Å². The molecule has 0 saturated carbocycles. The second-order valence-corrected chi connectivity index (χ2v) is 7.58. The molecule has 0 spiro atoms. The van der Waals surface area contributed by atoms with Gasteiger partial charge in [-0.15, -0.1) is 0 Å². The quantitative estimate of drug-likeness (QED) is 0.725. The van der Waals surface area contributed by atoms with Crippen molar-refractivity contribution in [3.05, 3.63) is 35.9 Å². The number of amides is 2. The maximum Gasteiger partial charge on any atom is 0.408 e. The van der Waals surface area contributed by atoms with Crippen LogP contribution in [-0.2, 0) is 25.6 Å². The summed E-state index contributed by atoms with van der Waals surface area (Å²) < 4.78 is 16.4. The lowest BCUT2D eigenvalue weighted by atomic mass is 10.2. The number of rotatable bonds is 8. The van der Waals surface area contributed by atoms with Crippen LogP contribution in [-0.4, -0.2) is 49.5 Å². The van der Waals surface area contributed by atoms with E-state index in [1.807, 2.05) is 30.3 Å². The highest BCUT2D eigenvalue weighted by atomic mass is 16.6. The first-order valence-corrected chi connectivity index (χ1v) is 9.34. The van der Waals surface area contributed by atoms with Gasteiger partial charge < -0.3 is 24.8 Å². The molecule has 1 aromatic rings. The lowest BCUT2D eigenvalue weighted by Gasteiger charge is -2.23. The van der Waals surface area contributed by atoms with E-state index in [9.17, 15) is 9.59 Å². The summed E-state index contributed by atoms with van der Waals surface area (Å²) >= 11 is 0. The van der Waals surface area contributed by atoms with Crippen molar-refractivity contribution in [2.24, 2.45) is 0 Å². The van der Waals surface area contributed by atoms with Gasteiger partial charge in [0, 0.05) is 13.2 Å². The van der Waals surface area contributed by atoms with E-state index in [0.717, 1.165) is 25.0 Å². The van der Waals surface area contributed by atoms with Crippen molar-refractivity contribution in [3.63, 3.8) is 0 Å². The number of ether oxygens (including phenoxy) is 3. The lowest BCUT2D eigenvalue weighted by molar-refractivity contribution is -0.125. The van der Waals surface area contributed by atoms with Gasteiger partial charge in [-0.1, -0.05) is 30.3 Å². The van der Waals surface area contributed by atoms with Crippen LogP contribution in [0.25, 0.3) is 0 Å². The average Bonchev–Trinajstić information content (AvgIpc) is 3.11. The van der Waals surface area contributed by atoms with Crippen LogP contribution in [0, 0.1) is 0 Å². The van der Waals surface area contributed by atoms with E-state index in [-0.39, 0.29) is 18.6 Å². The Hall–Kier alpha value is -2.12. The van der Waals surface area contributed by atoms with Crippen LogP contribution in [0.3, 0.4) is 0 Å². The van der Waals surface area contributed by atoms with Crippen molar-refractivity contribution in [1.29, 1.82) is 0 Å². The molecule has 150 valence electrons. The number of carbonyl (C=O) groups excluding carboxylic acids is 2. The molecule has 0 aromatic heterocycles. The number of carbonyl (C=O) groups is 2. The zero-order valence-electron chi connectivity index (χ0n) is 16.3. The van der Waals surface area contributed by atoms with E-state index >= 15 is 0 Å². The van der Waals surface area contributed by atoms with Gasteiger partial charge in [0.25, 0.3) is 0 Å². The molecule has 1 fully saturated rings. The third kappa shape index (κ3) is 8.41. The Morgan fingerprint density at radius 2 is 2.00 bits per heavy atom. The van der Waals surface area contributed by atoms with Crippen LogP contribution < -0.4 is 10.6 Å². The molecule has 7 heteroatoms. The largest absolute Gasteiger partial charge is 0.444 e. The molecule has 1 saturated heterocycles. The molecule has 1 aromatic carbocycles. The second-order valence-electron chi connectivity index (χ2n) is 7.58. The lowest BCUT2D eigenvalue weighted by Crippen LogP contribution is -2.51. The van der Waals surface area contributed by atoms with E-state index < -0.39 is 17.7 Å². The smallest absolute Gasteiger partial charge is 0.408 e. The molecule has 0 aliphatic carbocycles. The molecule has 7 nitrogen and oxygen atoms in total. The first-order chi connectivity index (χ1) is 12.8. The summed E-state index contributed by atoms with van der Waals surface area (Å²) in [6.45, 7) is 6.85. The summed E-state index contributed by atoms with van der Waals surface area (Å²) in [4.78, 5) is 24.6. The minimum Gasteiger partial charge on any atom is -0.444 e. The third-order valence-electron chi connectivity index (χ3n) is 3.93. The average molecular weight is 378 g/mol. The topological polar surface area (TPSA) is 85.9 Å². The molecular weight excluding hydrogens is 348 g/mol. The molecule has 1 aliphatic heterocycles. The standard InChI is InChI=1S/C20H30N2O5/c1-20(2,3)27-19(24)22-17(14-25-13-15-8-5-4-6-9-15)18(23)21-12-16-10-7-11-26-16/h4-6,8-9,16-17H,7,10-14H2,1-3H3,(H,21,23)(H,22,24)/t16-,17+/m1/s1. The molecule has 0 radical (unpaired) electrons. The van der Waals surface area contributed by atoms with Gasteiger partial charge in [0.1, 0.15) is 11.6 Å². The summed E-state index contributed by atoms with van der Waals surface area (Å²) in [5.41, 5.74) is 0.349. The molecule has 2 N–H and O–H groups in total.